The number of amides is 2. The fraction of sp³-hybridized carbons (Fsp3) is 0.545. The molecular formula is C22H35N3O3. The van der Waals surface area contributed by atoms with E-state index in [0.29, 0.717) is 25.3 Å². The van der Waals surface area contributed by atoms with E-state index in [-0.39, 0.29) is 24.3 Å². The molecule has 2 amide bonds. The van der Waals surface area contributed by atoms with Crippen molar-refractivity contribution in [3.63, 3.8) is 0 Å². The van der Waals surface area contributed by atoms with Crippen molar-refractivity contribution in [2.45, 2.75) is 47.1 Å². The second-order valence-corrected chi connectivity index (χ2v) is 7.87. The van der Waals surface area contributed by atoms with E-state index in [0.717, 1.165) is 5.56 Å². The number of carbonyl (C=O) groups excluding carboxylic acids is 2. The number of carbonyl (C=O) groups is 2. The summed E-state index contributed by atoms with van der Waals surface area (Å²) < 4.78 is 0. The van der Waals surface area contributed by atoms with Gasteiger partial charge in [0.15, 0.2) is 0 Å². The Kier molecular flexibility index (Phi) is 11.1. The predicted octanol–water partition coefficient (Wildman–Crippen LogP) is 3.37. The summed E-state index contributed by atoms with van der Waals surface area (Å²) in [5.41, 5.74) is 9.17. The monoisotopic (exact) mass is 389 g/mol. The molecule has 0 aliphatic heterocycles. The second kappa shape index (κ2) is 13.1. The molecule has 6 heteroatoms. The third-order valence-corrected chi connectivity index (χ3v) is 4.28. The molecule has 1 unspecified atom stereocenters. The molecule has 6 nitrogen and oxygen atoms in total. The highest BCUT2D eigenvalue weighted by atomic mass is 16.6. The topological polar surface area (TPSA) is 79.5 Å². The van der Waals surface area contributed by atoms with Crippen LogP contribution >= 0.6 is 0 Å². The van der Waals surface area contributed by atoms with Gasteiger partial charge in [0.2, 0.25) is 11.8 Å². The van der Waals surface area contributed by atoms with E-state index in [2.05, 4.69) is 36.8 Å². The van der Waals surface area contributed by atoms with Gasteiger partial charge >= 0.3 is 0 Å². The molecule has 0 fully saturated rings. The molecule has 2 atom stereocenters. The van der Waals surface area contributed by atoms with E-state index in [1.165, 1.54) is 0 Å². The van der Waals surface area contributed by atoms with Crippen molar-refractivity contribution in [2.75, 3.05) is 6.54 Å². The molecule has 0 saturated heterocycles. The zero-order valence-electron chi connectivity index (χ0n) is 17.5. The highest BCUT2D eigenvalue weighted by Gasteiger charge is 2.33. The lowest BCUT2D eigenvalue weighted by Gasteiger charge is -2.26. The summed E-state index contributed by atoms with van der Waals surface area (Å²) in [5, 5.41) is 0. The Morgan fingerprint density at radius 2 is 1.71 bits per heavy atom. The van der Waals surface area contributed by atoms with E-state index in [1.807, 2.05) is 44.2 Å². The Balaban J connectivity index is 2.74. The third kappa shape index (κ3) is 9.15. The molecule has 3 N–H and O–H groups in total. The maximum atomic E-state index is 12.7. The largest absolute Gasteiger partial charge is 0.291 e. The summed E-state index contributed by atoms with van der Waals surface area (Å²) in [6, 6.07) is 9.58. The molecule has 0 spiro atoms. The lowest BCUT2D eigenvalue weighted by molar-refractivity contribution is -0.145. The fourth-order valence-corrected chi connectivity index (χ4v) is 2.87. The minimum absolute atomic E-state index is 0.181. The number of benzene rings is 1. The summed E-state index contributed by atoms with van der Waals surface area (Å²) in [6.45, 7) is 12.9. The minimum Gasteiger partial charge on any atom is -0.291 e. The molecule has 1 aromatic rings. The smallest absolute Gasteiger partial charge is 0.247 e. The number of hydrogen-bond acceptors (Lipinski definition) is 4. The van der Waals surface area contributed by atoms with Gasteiger partial charge in [-0.05, 0) is 30.2 Å². The van der Waals surface area contributed by atoms with Crippen LogP contribution in [0.25, 0.3) is 0 Å². The van der Waals surface area contributed by atoms with Crippen LogP contribution in [0.3, 0.4) is 0 Å². The summed E-state index contributed by atoms with van der Waals surface area (Å²) in [4.78, 5) is 30.9. The van der Waals surface area contributed by atoms with Crippen molar-refractivity contribution in [1.29, 1.82) is 0 Å². The number of hydrazine groups is 1. The Bertz CT molecular complexity index is 602. The van der Waals surface area contributed by atoms with Crippen molar-refractivity contribution in [3.05, 3.63) is 48.6 Å². The third-order valence-electron chi connectivity index (χ3n) is 4.28. The van der Waals surface area contributed by atoms with Gasteiger partial charge in [0, 0.05) is 6.54 Å². The van der Waals surface area contributed by atoms with Crippen LogP contribution in [0.5, 0.6) is 0 Å². The highest BCUT2D eigenvalue weighted by Crippen LogP contribution is 2.25. The van der Waals surface area contributed by atoms with Crippen molar-refractivity contribution >= 4 is 11.8 Å². The molecule has 28 heavy (non-hydrogen) atoms. The maximum Gasteiger partial charge on any atom is 0.247 e. The standard InChI is InChI=1S/C22H35N3O3/c1-6-10-19(22(27)25-28-15-18-11-8-7-9-12-18)20(13-16(2)3)21(26)24-23-14-17(4)5/h6-9,11-12,16-17,19-20,23H,1,10,13-15H2,2-5H3,(H,24,26)(H,25,27)/t19?,20-/m1/s1. The lowest BCUT2D eigenvalue weighted by atomic mass is 9.82. The number of hydrogen-bond donors (Lipinski definition) is 3. The lowest BCUT2D eigenvalue weighted by Crippen LogP contribution is -2.47. The normalized spacial score (nSPS) is 13.2. The first-order chi connectivity index (χ1) is 13.3. The molecule has 0 saturated carbocycles. The molecule has 0 heterocycles. The van der Waals surface area contributed by atoms with Crippen LogP contribution in [-0.4, -0.2) is 18.4 Å². The average molecular weight is 390 g/mol. The van der Waals surface area contributed by atoms with Gasteiger partial charge in [-0.25, -0.2) is 10.9 Å². The maximum absolute atomic E-state index is 12.7. The minimum atomic E-state index is -0.545. The summed E-state index contributed by atoms with van der Waals surface area (Å²) >= 11 is 0. The van der Waals surface area contributed by atoms with Crippen LogP contribution < -0.4 is 16.3 Å². The van der Waals surface area contributed by atoms with Gasteiger partial charge in [0.25, 0.3) is 0 Å². The van der Waals surface area contributed by atoms with Crippen molar-refractivity contribution in [1.82, 2.24) is 16.3 Å². The predicted molar refractivity (Wildman–Crippen MR) is 112 cm³/mol. The molecule has 156 valence electrons. The van der Waals surface area contributed by atoms with Gasteiger partial charge in [-0.2, -0.15) is 0 Å². The molecule has 0 bridgehead atoms. The number of allylic oxidation sites excluding steroid dienone is 1. The van der Waals surface area contributed by atoms with E-state index >= 15 is 0 Å². The second-order valence-electron chi connectivity index (χ2n) is 7.87. The number of nitrogens with one attached hydrogen (secondary N) is 3. The Morgan fingerprint density at radius 3 is 2.29 bits per heavy atom. The number of rotatable bonds is 13. The van der Waals surface area contributed by atoms with Gasteiger partial charge in [0.1, 0.15) is 0 Å². The number of hydroxylamine groups is 1. The summed E-state index contributed by atoms with van der Waals surface area (Å²) in [5.74, 6) is -0.830. The first-order valence-electron chi connectivity index (χ1n) is 9.94. The van der Waals surface area contributed by atoms with Crippen LogP contribution in [0, 0.1) is 23.7 Å². The van der Waals surface area contributed by atoms with E-state index in [9.17, 15) is 9.59 Å². The molecule has 0 radical (unpaired) electrons. The van der Waals surface area contributed by atoms with Crippen molar-refractivity contribution in [2.24, 2.45) is 23.7 Å². The molecule has 0 aliphatic rings. The van der Waals surface area contributed by atoms with Crippen molar-refractivity contribution in [3.8, 4) is 0 Å². The molecular weight excluding hydrogens is 354 g/mol. The van der Waals surface area contributed by atoms with E-state index < -0.39 is 11.8 Å². The van der Waals surface area contributed by atoms with Crippen LogP contribution in [-0.2, 0) is 21.0 Å². The first-order valence-corrected chi connectivity index (χ1v) is 9.94. The Hall–Kier alpha value is -2.18. The van der Waals surface area contributed by atoms with Gasteiger partial charge in [-0.1, -0.05) is 64.1 Å². The summed E-state index contributed by atoms with van der Waals surface area (Å²) in [7, 11) is 0. The van der Waals surface area contributed by atoms with Gasteiger partial charge < -0.3 is 0 Å². The summed E-state index contributed by atoms with van der Waals surface area (Å²) in [6.07, 6.45) is 2.67. The molecule has 0 aromatic heterocycles. The average Bonchev–Trinajstić information content (AvgIpc) is 2.64. The Labute approximate surface area is 169 Å². The van der Waals surface area contributed by atoms with Gasteiger partial charge in [-0.15, -0.1) is 6.58 Å². The van der Waals surface area contributed by atoms with Crippen LogP contribution in [0.15, 0.2) is 43.0 Å². The van der Waals surface area contributed by atoms with Crippen LogP contribution in [0.1, 0.15) is 46.1 Å². The molecule has 0 aliphatic carbocycles. The van der Waals surface area contributed by atoms with E-state index in [4.69, 9.17) is 4.84 Å². The highest BCUT2D eigenvalue weighted by molar-refractivity contribution is 5.87. The fourth-order valence-electron chi connectivity index (χ4n) is 2.87. The van der Waals surface area contributed by atoms with Gasteiger partial charge in [0.05, 0.1) is 18.4 Å². The molecule has 1 rings (SSSR count). The zero-order chi connectivity index (χ0) is 20.9. The SMILES string of the molecule is C=CCC(C(=O)NOCc1ccccc1)[C@@H](CC(C)C)C(=O)NNCC(C)C. The van der Waals surface area contributed by atoms with Crippen molar-refractivity contribution < 1.29 is 14.4 Å². The van der Waals surface area contributed by atoms with Crippen LogP contribution in [0.2, 0.25) is 0 Å². The van der Waals surface area contributed by atoms with E-state index in [1.54, 1.807) is 6.08 Å². The Morgan fingerprint density at radius 1 is 1.04 bits per heavy atom. The van der Waals surface area contributed by atoms with Gasteiger partial charge in [-0.3, -0.25) is 19.9 Å². The quantitative estimate of drug-likeness (QED) is 0.357. The van der Waals surface area contributed by atoms with Crippen LogP contribution in [0.4, 0.5) is 0 Å². The first kappa shape index (κ1) is 23.9. The molecule has 1 aromatic carbocycles. The zero-order valence-corrected chi connectivity index (χ0v) is 17.5.